The van der Waals surface area contributed by atoms with E-state index in [0.717, 1.165) is 0 Å². The molecular formula is C11H10NS2+. The standard InChI is InChI=1S/C11H10NS2/c1-3-8-12-9-6-4-5-7-10(9)14-11(12)13-2/h1,4-7H,8H2,2H3/q+1. The molecule has 0 saturated carbocycles. The number of hydrogen-bond donors (Lipinski definition) is 0. The van der Waals surface area contributed by atoms with Gasteiger partial charge in [-0.3, -0.25) is 0 Å². The summed E-state index contributed by atoms with van der Waals surface area (Å²) < 4.78 is 4.75. The molecule has 3 heteroatoms. The molecule has 70 valence electrons. The predicted octanol–water partition coefficient (Wildman–Crippen LogP) is 2.54. The Morgan fingerprint density at radius 3 is 3.00 bits per heavy atom. The van der Waals surface area contributed by atoms with Crippen LogP contribution >= 0.6 is 23.1 Å². The Labute approximate surface area is 91.8 Å². The number of fused-ring (bicyclic) bond motifs is 1. The van der Waals surface area contributed by atoms with Gasteiger partial charge in [0.15, 0.2) is 0 Å². The van der Waals surface area contributed by atoms with Crippen LogP contribution in [0.1, 0.15) is 0 Å². The van der Waals surface area contributed by atoms with Gasteiger partial charge in [-0.15, -0.1) is 6.42 Å². The second-order valence-electron chi connectivity index (χ2n) is 2.83. The molecule has 14 heavy (non-hydrogen) atoms. The van der Waals surface area contributed by atoms with Crippen LogP contribution in [0.3, 0.4) is 0 Å². The van der Waals surface area contributed by atoms with Gasteiger partial charge < -0.3 is 0 Å². The van der Waals surface area contributed by atoms with E-state index in [9.17, 15) is 0 Å². The van der Waals surface area contributed by atoms with Gasteiger partial charge in [0.1, 0.15) is 4.70 Å². The van der Waals surface area contributed by atoms with Crippen molar-refractivity contribution < 1.29 is 4.57 Å². The third kappa shape index (κ3) is 1.52. The van der Waals surface area contributed by atoms with Crippen LogP contribution in [-0.2, 0) is 6.54 Å². The Hall–Kier alpha value is -0.980. The van der Waals surface area contributed by atoms with Gasteiger partial charge in [-0.25, -0.2) is 0 Å². The first-order valence-electron chi connectivity index (χ1n) is 4.25. The fraction of sp³-hybridized carbons (Fsp3) is 0.182. The Morgan fingerprint density at radius 2 is 2.29 bits per heavy atom. The van der Waals surface area contributed by atoms with Gasteiger partial charge in [-0.2, -0.15) is 4.57 Å². The van der Waals surface area contributed by atoms with E-state index in [-0.39, 0.29) is 0 Å². The van der Waals surface area contributed by atoms with Crippen molar-refractivity contribution in [2.24, 2.45) is 0 Å². The smallest absolute Gasteiger partial charge is 0.165 e. The Balaban J connectivity index is 2.69. The van der Waals surface area contributed by atoms with E-state index in [1.807, 2.05) is 6.07 Å². The molecule has 0 fully saturated rings. The maximum absolute atomic E-state index is 5.36. The molecule has 2 rings (SSSR count). The summed E-state index contributed by atoms with van der Waals surface area (Å²) in [6, 6.07) is 8.35. The summed E-state index contributed by atoms with van der Waals surface area (Å²) in [5, 5.41) is 0. The van der Waals surface area contributed by atoms with Crippen LogP contribution in [0.2, 0.25) is 0 Å². The maximum atomic E-state index is 5.36. The SMILES string of the molecule is C#CC[n+]1c(SC)sc2ccccc21. The van der Waals surface area contributed by atoms with Crippen LogP contribution in [0, 0.1) is 12.3 Å². The highest BCUT2D eigenvalue weighted by Crippen LogP contribution is 2.25. The van der Waals surface area contributed by atoms with Crippen LogP contribution in [0.25, 0.3) is 10.2 Å². The van der Waals surface area contributed by atoms with Crippen LogP contribution < -0.4 is 4.57 Å². The number of hydrogen-bond acceptors (Lipinski definition) is 2. The van der Waals surface area contributed by atoms with Crippen LogP contribution in [0.5, 0.6) is 0 Å². The third-order valence-corrected chi connectivity index (χ3v) is 4.28. The minimum atomic E-state index is 0.653. The molecule has 2 aromatic rings. The van der Waals surface area contributed by atoms with Gasteiger partial charge in [0.05, 0.1) is 0 Å². The van der Waals surface area contributed by atoms with E-state index in [0.29, 0.717) is 6.54 Å². The Morgan fingerprint density at radius 1 is 1.50 bits per heavy atom. The topological polar surface area (TPSA) is 3.88 Å². The van der Waals surface area contributed by atoms with Gasteiger partial charge in [-0.1, -0.05) is 23.5 Å². The molecule has 0 aliphatic rings. The lowest BCUT2D eigenvalue weighted by atomic mass is 10.3. The second-order valence-corrected chi connectivity index (χ2v) is 4.91. The second kappa shape index (κ2) is 4.04. The summed E-state index contributed by atoms with van der Waals surface area (Å²) in [7, 11) is 0. The van der Waals surface area contributed by atoms with Gasteiger partial charge in [0, 0.05) is 6.07 Å². The van der Waals surface area contributed by atoms with Gasteiger partial charge >= 0.3 is 0 Å². The lowest BCUT2D eigenvalue weighted by Gasteiger charge is -1.90. The van der Waals surface area contributed by atoms with E-state index < -0.39 is 0 Å². The molecule has 0 aliphatic heterocycles. The molecule has 0 radical (unpaired) electrons. The summed E-state index contributed by atoms with van der Waals surface area (Å²) >= 11 is 3.54. The molecule has 1 aromatic heterocycles. The monoisotopic (exact) mass is 220 g/mol. The van der Waals surface area contributed by atoms with E-state index in [4.69, 9.17) is 6.42 Å². The molecule has 0 atom stereocenters. The number of rotatable bonds is 2. The third-order valence-electron chi connectivity index (χ3n) is 2.00. The number of para-hydroxylation sites is 1. The highest BCUT2D eigenvalue weighted by molar-refractivity contribution is 8.00. The summed E-state index contributed by atoms with van der Waals surface area (Å²) in [5.41, 5.74) is 1.24. The van der Waals surface area contributed by atoms with Gasteiger partial charge in [-0.05, 0) is 30.0 Å². The molecule has 1 nitrogen and oxygen atoms in total. The average molecular weight is 220 g/mol. The molecule has 1 aromatic carbocycles. The van der Waals surface area contributed by atoms with Crippen LogP contribution in [-0.4, -0.2) is 6.26 Å². The van der Waals surface area contributed by atoms with Crippen molar-refractivity contribution in [1.29, 1.82) is 0 Å². The number of aromatic nitrogens is 1. The van der Waals surface area contributed by atoms with Crippen molar-refractivity contribution in [2.45, 2.75) is 10.9 Å². The molecular weight excluding hydrogens is 210 g/mol. The predicted molar refractivity (Wildman–Crippen MR) is 62.6 cm³/mol. The van der Waals surface area contributed by atoms with E-state index in [1.54, 1.807) is 23.1 Å². The van der Waals surface area contributed by atoms with Crippen LogP contribution in [0.4, 0.5) is 0 Å². The number of nitrogens with zero attached hydrogens (tertiary/aromatic N) is 1. The number of terminal acetylenes is 1. The minimum Gasteiger partial charge on any atom is -0.165 e. The van der Waals surface area contributed by atoms with Gasteiger partial charge in [0.2, 0.25) is 12.1 Å². The fourth-order valence-corrected chi connectivity index (χ4v) is 3.28. The molecule has 0 bridgehead atoms. The highest BCUT2D eigenvalue weighted by atomic mass is 32.2. The lowest BCUT2D eigenvalue weighted by Crippen LogP contribution is -2.33. The van der Waals surface area contributed by atoms with Crippen molar-refractivity contribution in [3.05, 3.63) is 24.3 Å². The zero-order chi connectivity index (χ0) is 9.97. The molecule has 0 unspecified atom stereocenters. The van der Waals surface area contributed by atoms with Crippen LogP contribution in [0.15, 0.2) is 28.6 Å². The van der Waals surface area contributed by atoms with Crippen molar-refractivity contribution in [1.82, 2.24) is 0 Å². The zero-order valence-corrected chi connectivity index (χ0v) is 9.49. The van der Waals surface area contributed by atoms with Crippen molar-refractivity contribution >= 4 is 33.3 Å². The molecule has 1 heterocycles. The summed E-state index contributed by atoms with van der Waals surface area (Å²) in [4.78, 5) is 0. The van der Waals surface area contributed by atoms with Gasteiger partial charge in [0.25, 0.3) is 4.34 Å². The first-order chi connectivity index (χ1) is 6.86. The Bertz CT molecular complexity index is 493. The molecule has 0 amide bonds. The number of benzene rings is 1. The molecule has 0 spiro atoms. The summed E-state index contributed by atoms with van der Waals surface area (Å²) in [6.07, 6.45) is 7.44. The number of thioether (sulfide) groups is 1. The molecule has 0 N–H and O–H groups in total. The molecule has 0 aliphatic carbocycles. The Kier molecular flexibility index (Phi) is 2.76. The fourth-order valence-electron chi connectivity index (χ4n) is 1.41. The minimum absolute atomic E-state index is 0.653. The highest BCUT2D eigenvalue weighted by Gasteiger charge is 2.17. The average Bonchev–Trinajstić information content (AvgIpc) is 2.58. The quantitative estimate of drug-likeness (QED) is 0.427. The lowest BCUT2D eigenvalue weighted by molar-refractivity contribution is -0.690. The van der Waals surface area contributed by atoms with Crippen molar-refractivity contribution in [2.75, 3.05) is 6.26 Å². The first kappa shape index (κ1) is 9.57. The molecule has 0 saturated heterocycles. The number of thiazole rings is 1. The van der Waals surface area contributed by atoms with Crippen molar-refractivity contribution in [3.8, 4) is 12.3 Å². The zero-order valence-electron chi connectivity index (χ0n) is 7.86. The summed E-state index contributed by atoms with van der Waals surface area (Å²) in [6.45, 7) is 0.653. The largest absolute Gasteiger partial charge is 0.298 e. The summed E-state index contributed by atoms with van der Waals surface area (Å²) in [5.74, 6) is 2.69. The van der Waals surface area contributed by atoms with E-state index >= 15 is 0 Å². The van der Waals surface area contributed by atoms with Crippen molar-refractivity contribution in [3.63, 3.8) is 0 Å². The van der Waals surface area contributed by atoms with E-state index in [1.165, 1.54) is 14.6 Å². The van der Waals surface area contributed by atoms with E-state index in [2.05, 4.69) is 34.9 Å². The maximum Gasteiger partial charge on any atom is 0.298 e. The first-order valence-corrected chi connectivity index (χ1v) is 6.29. The normalized spacial score (nSPS) is 10.3.